The molecule has 0 saturated carbocycles. The first-order valence-electron chi connectivity index (χ1n) is 6.28. The highest BCUT2D eigenvalue weighted by atomic mass is 15.2. The van der Waals surface area contributed by atoms with E-state index in [1.165, 1.54) is 11.3 Å². The molecule has 1 fully saturated rings. The largest absolute Gasteiger partial charge is 0.308 e. The lowest BCUT2D eigenvalue weighted by Gasteiger charge is -2.30. The number of rotatable bonds is 4. The molecule has 3 heteroatoms. The van der Waals surface area contributed by atoms with E-state index in [4.69, 9.17) is 0 Å². The van der Waals surface area contributed by atoms with Crippen molar-refractivity contribution in [2.45, 2.75) is 20.3 Å². The predicted molar refractivity (Wildman–Crippen MR) is 75.6 cm³/mol. The first-order valence-corrected chi connectivity index (χ1v) is 6.28. The summed E-state index contributed by atoms with van der Waals surface area (Å²) in [4.78, 5) is 9.26. The summed E-state index contributed by atoms with van der Waals surface area (Å²) in [5.41, 5.74) is 3.49. The lowest BCUT2D eigenvalue weighted by atomic mass is 10.0. The van der Waals surface area contributed by atoms with Gasteiger partial charge in [-0.15, -0.1) is 0 Å². The normalized spacial score (nSPS) is 22.6. The number of aliphatic imine (C=N–C) groups is 1. The van der Waals surface area contributed by atoms with Crippen LogP contribution in [0, 0.1) is 0 Å². The fraction of sp³-hybridized carbons (Fsp3) is 0.643. The Labute approximate surface area is 106 Å². The molecule has 1 aliphatic rings. The van der Waals surface area contributed by atoms with Gasteiger partial charge in [-0.2, -0.15) is 0 Å². The van der Waals surface area contributed by atoms with Crippen LogP contribution in [-0.2, 0) is 0 Å². The van der Waals surface area contributed by atoms with Gasteiger partial charge in [0, 0.05) is 44.0 Å². The predicted octanol–water partition coefficient (Wildman–Crippen LogP) is 2.17. The Bertz CT molecular complexity index is 326. The van der Waals surface area contributed by atoms with Crippen LogP contribution < -0.4 is 0 Å². The average molecular weight is 235 g/mol. The summed E-state index contributed by atoms with van der Waals surface area (Å²) in [6.45, 7) is 12.3. The Hall–Kier alpha value is -0.930. The van der Waals surface area contributed by atoms with E-state index in [0.29, 0.717) is 0 Å². The van der Waals surface area contributed by atoms with E-state index in [1.54, 1.807) is 0 Å². The fourth-order valence-electron chi connectivity index (χ4n) is 1.98. The lowest BCUT2D eigenvalue weighted by molar-refractivity contribution is 0.257. The van der Waals surface area contributed by atoms with E-state index in [9.17, 15) is 0 Å². The Morgan fingerprint density at radius 3 is 2.76 bits per heavy atom. The number of likely N-dealkylation sites (N-methyl/N-ethyl adjacent to an activating group) is 1. The van der Waals surface area contributed by atoms with Gasteiger partial charge in [-0.25, -0.2) is 0 Å². The molecule has 0 unspecified atom stereocenters. The zero-order valence-corrected chi connectivity index (χ0v) is 11.7. The molecule has 17 heavy (non-hydrogen) atoms. The second kappa shape index (κ2) is 6.72. The molecule has 1 rings (SSSR count). The Kier molecular flexibility index (Phi) is 5.59. The summed E-state index contributed by atoms with van der Waals surface area (Å²) in [6.07, 6.45) is 3.23. The average Bonchev–Trinajstić information content (AvgIpc) is 2.26. The summed E-state index contributed by atoms with van der Waals surface area (Å²) in [7, 11) is 4.24. The second-order valence-electron chi connectivity index (χ2n) is 4.94. The molecule has 96 valence electrons. The molecular formula is C14H25N3. The van der Waals surface area contributed by atoms with Crippen molar-refractivity contribution in [1.29, 1.82) is 0 Å². The molecule has 0 spiro atoms. The van der Waals surface area contributed by atoms with Crippen molar-refractivity contribution in [1.82, 2.24) is 9.80 Å². The van der Waals surface area contributed by atoms with E-state index >= 15 is 0 Å². The highest BCUT2D eigenvalue weighted by Gasteiger charge is 2.18. The SMILES string of the molecule is C=C(C)N=C1CCN(CCN(C)C)C/C1=C/C. The molecule has 1 aliphatic heterocycles. The molecule has 3 nitrogen and oxygen atoms in total. The molecule has 0 N–H and O–H groups in total. The maximum Gasteiger partial charge on any atom is 0.0460 e. The van der Waals surface area contributed by atoms with Crippen molar-refractivity contribution in [2.75, 3.05) is 40.3 Å². The summed E-state index contributed by atoms with van der Waals surface area (Å²) in [5, 5.41) is 0. The quantitative estimate of drug-likeness (QED) is 0.744. The van der Waals surface area contributed by atoms with E-state index in [1.807, 2.05) is 6.92 Å². The zero-order chi connectivity index (χ0) is 12.8. The van der Waals surface area contributed by atoms with Gasteiger partial charge in [0.05, 0.1) is 0 Å². The molecule has 1 saturated heterocycles. The van der Waals surface area contributed by atoms with Crippen LogP contribution in [0.1, 0.15) is 20.3 Å². The standard InChI is InChI=1S/C14H25N3/c1-6-13-11-17(10-9-16(4)5)8-7-14(13)15-12(2)3/h6H,2,7-11H2,1,3-5H3/b13-6-,15-14?. The van der Waals surface area contributed by atoms with Crippen molar-refractivity contribution in [3.63, 3.8) is 0 Å². The maximum absolute atomic E-state index is 4.54. The molecule has 1 heterocycles. The molecule has 0 aromatic rings. The van der Waals surface area contributed by atoms with Crippen LogP contribution in [0.5, 0.6) is 0 Å². The highest BCUT2D eigenvalue weighted by molar-refractivity contribution is 6.01. The molecule has 0 atom stereocenters. The number of nitrogens with zero attached hydrogens (tertiary/aromatic N) is 3. The topological polar surface area (TPSA) is 18.8 Å². The number of hydrogen-bond acceptors (Lipinski definition) is 3. The van der Waals surface area contributed by atoms with Crippen molar-refractivity contribution in [2.24, 2.45) is 4.99 Å². The van der Waals surface area contributed by atoms with Crippen molar-refractivity contribution >= 4 is 5.71 Å². The van der Waals surface area contributed by atoms with E-state index in [0.717, 1.165) is 38.3 Å². The third-order valence-electron chi connectivity index (χ3n) is 2.97. The number of allylic oxidation sites excluding steroid dienone is 2. The highest BCUT2D eigenvalue weighted by Crippen LogP contribution is 2.14. The van der Waals surface area contributed by atoms with Gasteiger partial charge in [0.2, 0.25) is 0 Å². The van der Waals surface area contributed by atoms with Crippen molar-refractivity contribution < 1.29 is 0 Å². The van der Waals surface area contributed by atoms with E-state index in [2.05, 4.69) is 48.5 Å². The van der Waals surface area contributed by atoms with Gasteiger partial charge in [-0.1, -0.05) is 12.7 Å². The van der Waals surface area contributed by atoms with Crippen LogP contribution in [0.15, 0.2) is 28.9 Å². The molecule has 0 bridgehead atoms. The number of hydrogen-bond donors (Lipinski definition) is 0. The molecular weight excluding hydrogens is 210 g/mol. The first kappa shape index (κ1) is 14.1. The minimum Gasteiger partial charge on any atom is -0.308 e. The Morgan fingerprint density at radius 2 is 2.24 bits per heavy atom. The second-order valence-corrected chi connectivity index (χ2v) is 4.94. The smallest absolute Gasteiger partial charge is 0.0460 e. The number of piperidine rings is 1. The summed E-state index contributed by atoms with van der Waals surface area (Å²) < 4.78 is 0. The zero-order valence-electron chi connectivity index (χ0n) is 11.7. The van der Waals surface area contributed by atoms with Gasteiger partial charge < -0.3 is 4.90 Å². The van der Waals surface area contributed by atoms with E-state index < -0.39 is 0 Å². The summed E-state index contributed by atoms with van der Waals surface area (Å²) in [6, 6.07) is 0. The molecule has 0 aromatic heterocycles. The van der Waals surface area contributed by atoms with Crippen molar-refractivity contribution in [3.8, 4) is 0 Å². The van der Waals surface area contributed by atoms with Crippen LogP contribution >= 0.6 is 0 Å². The molecule has 0 amide bonds. The molecule has 0 aromatic carbocycles. The summed E-state index contributed by atoms with van der Waals surface area (Å²) >= 11 is 0. The number of likely N-dealkylation sites (tertiary alicyclic amines) is 1. The van der Waals surface area contributed by atoms with Crippen LogP contribution in [0.25, 0.3) is 0 Å². The van der Waals surface area contributed by atoms with Gasteiger partial charge in [0.15, 0.2) is 0 Å². The van der Waals surface area contributed by atoms with Crippen molar-refractivity contribution in [3.05, 3.63) is 23.9 Å². The third kappa shape index (κ3) is 4.84. The minimum absolute atomic E-state index is 0.904. The minimum atomic E-state index is 0.904. The van der Waals surface area contributed by atoms with Gasteiger partial charge in [0.1, 0.15) is 0 Å². The van der Waals surface area contributed by atoms with Gasteiger partial charge >= 0.3 is 0 Å². The maximum atomic E-state index is 4.54. The van der Waals surface area contributed by atoms with Gasteiger partial charge in [0.25, 0.3) is 0 Å². The third-order valence-corrected chi connectivity index (χ3v) is 2.97. The molecule has 0 aliphatic carbocycles. The first-order chi connectivity index (χ1) is 8.02. The van der Waals surface area contributed by atoms with Crippen LogP contribution in [0.3, 0.4) is 0 Å². The lowest BCUT2D eigenvalue weighted by Crippen LogP contribution is -2.39. The fourth-order valence-corrected chi connectivity index (χ4v) is 1.98. The van der Waals surface area contributed by atoms with Crippen LogP contribution in [0.4, 0.5) is 0 Å². The Morgan fingerprint density at radius 1 is 1.53 bits per heavy atom. The monoisotopic (exact) mass is 235 g/mol. The van der Waals surface area contributed by atoms with Gasteiger partial charge in [-0.05, 0) is 33.5 Å². The summed E-state index contributed by atoms with van der Waals surface area (Å²) in [5.74, 6) is 0. The van der Waals surface area contributed by atoms with Gasteiger partial charge in [-0.3, -0.25) is 9.89 Å². The van der Waals surface area contributed by atoms with Crippen LogP contribution in [0.2, 0.25) is 0 Å². The van der Waals surface area contributed by atoms with E-state index in [-0.39, 0.29) is 0 Å². The Balaban J connectivity index is 2.58. The molecule has 0 radical (unpaired) electrons. The van der Waals surface area contributed by atoms with Crippen LogP contribution in [-0.4, -0.2) is 55.8 Å².